The smallest absolute Gasteiger partial charge is 0.143 e. The zero-order chi connectivity index (χ0) is 8.69. The Balaban J connectivity index is 4.03. The topological polar surface area (TPSA) is 20.2 Å². The van der Waals surface area contributed by atoms with Crippen molar-refractivity contribution < 1.29 is 9.50 Å². The molecule has 0 saturated heterocycles. The highest BCUT2D eigenvalue weighted by Crippen LogP contribution is 2.08. The quantitative estimate of drug-likeness (QED) is 0.570. The van der Waals surface area contributed by atoms with E-state index in [4.69, 9.17) is 5.11 Å². The minimum absolute atomic E-state index is 0.142. The molecule has 0 aromatic carbocycles. The monoisotopic (exact) mass is 220 g/mol. The Morgan fingerprint density at radius 3 is 2.64 bits per heavy atom. The number of hydrogen-bond donors (Lipinski definition) is 1. The Labute approximate surface area is 74.1 Å². The molecular formula is C8H10BrFO. The first-order chi connectivity index (χ1) is 5.20. The van der Waals surface area contributed by atoms with Crippen LogP contribution in [0.25, 0.3) is 0 Å². The van der Waals surface area contributed by atoms with Gasteiger partial charge in [-0.05, 0) is 18.6 Å². The van der Waals surface area contributed by atoms with Gasteiger partial charge in [-0.15, -0.1) is 0 Å². The summed E-state index contributed by atoms with van der Waals surface area (Å²) in [6.07, 6.45) is 5.79. The van der Waals surface area contributed by atoms with E-state index >= 15 is 0 Å². The van der Waals surface area contributed by atoms with E-state index in [0.29, 0.717) is 0 Å². The Bertz CT molecular complexity index is 194. The average molecular weight is 221 g/mol. The van der Waals surface area contributed by atoms with E-state index in [1.165, 1.54) is 6.08 Å². The molecule has 0 amide bonds. The predicted octanol–water partition coefficient (Wildman–Crippen LogP) is 3.60. The molecule has 3 heteroatoms. The third kappa shape index (κ3) is 5.85. The molecular weight excluding hydrogens is 211 g/mol. The average Bonchev–Trinajstić information content (AvgIpc) is 2.01. The summed E-state index contributed by atoms with van der Waals surface area (Å²) in [7, 11) is 0. The third-order valence-electron chi connectivity index (χ3n) is 0.924. The SMILES string of the molecule is CC\C=C(Br)/C=C\C(O)=C\F. The van der Waals surface area contributed by atoms with Crippen LogP contribution in [0, 0.1) is 0 Å². The van der Waals surface area contributed by atoms with Crippen LogP contribution in [-0.2, 0) is 0 Å². The third-order valence-corrected chi connectivity index (χ3v) is 1.51. The molecule has 0 aliphatic heterocycles. The number of aliphatic hydroxyl groups excluding tert-OH is 1. The molecule has 1 nitrogen and oxygen atoms in total. The predicted molar refractivity (Wildman–Crippen MR) is 48.3 cm³/mol. The highest BCUT2D eigenvalue weighted by molar-refractivity contribution is 9.11. The Morgan fingerprint density at radius 1 is 1.55 bits per heavy atom. The number of rotatable bonds is 3. The van der Waals surface area contributed by atoms with Crippen molar-refractivity contribution in [3.05, 3.63) is 34.8 Å². The van der Waals surface area contributed by atoms with Crippen molar-refractivity contribution >= 4 is 15.9 Å². The van der Waals surface area contributed by atoms with Crippen molar-refractivity contribution in [3.8, 4) is 0 Å². The van der Waals surface area contributed by atoms with Crippen LogP contribution in [0.2, 0.25) is 0 Å². The minimum atomic E-state index is -0.383. The van der Waals surface area contributed by atoms with Gasteiger partial charge in [0.2, 0.25) is 0 Å². The standard InChI is InChI=1S/C8H10BrFO/c1-2-3-7(9)4-5-8(11)6-10/h3-6,11H,2H2,1H3/b5-4-,7-3+,8-6-. The molecule has 0 radical (unpaired) electrons. The molecule has 0 aliphatic rings. The van der Waals surface area contributed by atoms with E-state index in [0.717, 1.165) is 10.9 Å². The summed E-state index contributed by atoms with van der Waals surface area (Å²) in [4.78, 5) is 0. The van der Waals surface area contributed by atoms with E-state index in [1.807, 2.05) is 13.0 Å². The van der Waals surface area contributed by atoms with Gasteiger partial charge in [-0.25, -0.2) is 4.39 Å². The van der Waals surface area contributed by atoms with Gasteiger partial charge in [0.05, 0.1) is 0 Å². The summed E-state index contributed by atoms with van der Waals surface area (Å²) in [6.45, 7) is 1.99. The molecule has 0 spiro atoms. The Kier molecular flexibility index (Phi) is 5.84. The van der Waals surface area contributed by atoms with Gasteiger partial charge in [-0.3, -0.25) is 0 Å². The fourth-order valence-corrected chi connectivity index (χ4v) is 0.920. The first-order valence-corrected chi connectivity index (χ1v) is 4.03. The van der Waals surface area contributed by atoms with Gasteiger partial charge in [0.25, 0.3) is 0 Å². The molecule has 0 unspecified atom stereocenters. The van der Waals surface area contributed by atoms with Crippen molar-refractivity contribution in [3.63, 3.8) is 0 Å². The van der Waals surface area contributed by atoms with Crippen LogP contribution in [0.15, 0.2) is 34.8 Å². The Hall–Kier alpha value is -0.570. The highest BCUT2D eigenvalue weighted by Gasteiger charge is 1.84. The molecule has 0 heterocycles. The van der Waals surface area contributed by atoms with E-state index in [1.54, 1.807) is 6.08 Å². The van der Waals surface area contributed by atoms with Crippen molar-refractivity contribution in [2.24, 2.45) is 0 Å². The lowest BCUT2D eigenvalue weighted by atomic mass is 10.3. The fourth-order valence-electron chi connectivity index (χ4n) is 0.464. The van der Waals surface area contributed by atoms with E-state index < -0.39 is 0 Å². The molecule has 62 valence electrons. The van der Waals surface area contributed by atoms with Crippen molar-refractivity contribution in [2.75, 3.05) is 0 Å². The summed E-state index contributed by atoms with van der Waals surface area (Å²) < 4.78 is 12.4. The van der Waals surface area contributed by atoms with E-state index in [-0.39, 0.29) is 12.1 Å². The molecule has 11 heavy (non-hydrogen) atoms. The highest BCUT2D eigenvalue weighted by atomic mass is 79.9. The normalized spacial score (nSPS) is 14.5. The summed E-state index contributed by atoms with van der Waals surface area (Å²) >= 11 is 3.21. The van der Waals surface area contributed by atoms with Crippen LogP contribution in [0.3, 0.4) is 0 Å². The lowest BCUT2D eigenvalue weighted by Crippen LogP contribution is -1.70. The molecule has 0 rings (SSSR count). The molecule has 0 aromatic heterocycles. The van der Waals surface area contributed by atoms with Crippen LogP contribution in [0.5, 0.6) is 0 Å². The molecule has 0 saturated carbocycles. The maximum absolute atomic E-state index is 11.5. The largest absolute Gasteiger partial charge is 0.506 e. The molecule has 1 N–H and O–H groups in total. The van der Waals surface area contributed by atoms with Crippen molar-refractivity contribution in [1.82, 2.24) is 0 Å². The van der Waals surface area contributed by atoms with Gasteiger partial charge in [-0.1, -0.05) is 28.9 Å². The van der Waals surface area contributed by atoms with Crippen molar-refractivity contribution in [2.45, 2.75) is 13.3 Å². The summed E-state index contributed by atoms with van der Waals surface area (Å²) in [5, 5.41) is 8.63. The van der Waals surface area contributed by atoms with E-state index in [2.05, 4.69) is 15.9 Å². The summed E-state index contributed by atoms with van der Waals surface area (Å²) in [5.74, 6) is -0.383. The fraction of sp³-hybridized carbons (Fsp3) is 0.250. The zero-order valence-corrected chi connectivity index (χ0v) is 7.81. The first kappa shape index (κ1) is 10.4. The Morgan fingerprint density at radius 2 is 2.18 bits per heavy atom. The second-order valence-electron chi connectivity index (χ2n) is 1.86. The van der Waals surface area contributed by atoms with Crippen LogP contribution in [0.1, 0.15) is 13.3 Å². The van der Waals surface area contributed by atoms with Gasteiger partial charge in [-0.2, -0.15) is 0 Å². The first-order valence-electron chi connectivity index (χ1n) is 3.23. The molecule has 0 fully saturated rings. The van der Waals surface area contributed by atoms with Gasteiger partial charge in [0.15, 0.2) is 0 Å². The molecule has 0 atom stereocenters. The number of halogens is 2. The second kappa shape index (κ2) is 6.16. The van der Waals surface area contributed by atoms with Crippen LogP contribution >= 0.6 is 15.9 Å². The molecule has 0 aromatic rings. The van der Waals surface area contributed by atoms with Gasteiger partial charge in [0, 0.05) is 4.48 Å². The summed E-state index contributed by atoms with van der Waals surface area (Å²) in [5.41, 5.74) is 0. The lowest BCUT2D eigenvalue weighted by Gasteiger charge is -1.87. The molecule has 0 bridgehead atoms. The van der Waals surface area contributed by atoms with Gasteiger partial charge < -0.3 is 5.11 Å². The maximum atomic E-state index is 11.5. The van der Waals surface area contributed by atoms with Crippen LogP contribution in [0.4, 0.5) is 4.39 Å². The minimum Gasteiger partial charge on any atom is -0.506 e. The van der Waals surface area contributed by atoms with Gasteiger partial charge >= 0.3 is 0 Å². The number of aliphatic hydroxyl groups is 1. The number of allylic oxidation sites excluding steroid dienone is 4. The lowest BCUT2D eigenvalue weighted by molar-refractivity contribution is 0.416. The zero-order valence-electron chi connectivity index (χ0n) is 6.22. The van der Waals surface area contributed by atoms with Crippen molar-refractivity contribution in [1.29, 1.82) is 0 Å². The molecule has 0 aliphatic carbocycles. The van der Waals surface area contributed by atoms with Gasteiger partial charge in [0.1, 0.15) is 12.1 Å². The number of hydrogen-bond acceptors (Lipinski definition) is 1. The van der Waals surface area contributed by atoms with Crippen LogP contribution in [-0.4, -0.2) is 5.11 Å². The summed E-state index contributed by atoms with van der Waals surface area (Å²) in [6, 6.07) is 0. The van der Waals surface area contributed by atoms with E-state index in [9.17, 15) is 4.39 Å². The second-order valence-corrected chi connectivity index (χ2v) is 2.78. The van der Waals surface area contributed by atoms with Crippen LogP contribution < -0.4 is 0 Å². The maximum Gasteiger partial charge on any atom is 0.143 e.